The van der Waals surface area contributed by atoms with Crippen LogP contribution in [0.1, 0.15) is 25.0 Å². The molecule has 1 atom stereocenters. The number of nitrogens with one attached hydrogen (secondary N) is 1. The molecular weight excluding hydrogens is 258 g/mol. The minimum atomic E-state index is -0.133. The van der Waals surface area contributed by atoms with Gasteiger partial charge in [-0.25, -0.2) is 9.97 Å². The standard InChI is InChI=1S/C13H11N5S/c1-2-8(5-14)11-7-19-13(17-11)9-3-4-15-12-10(9)6-16-18-12/h3-4,6-8H,2H2,1H3,(H,15,16,18). The van der Waals surface area contributed by atoms with Crippen LogP contribution in [-0.4, -0.2) is 20.2 Å². The van der Waals surface area contributed by atoms with Crippen LogP contribution in [0.25, 0.3) is 21.6 Å². The SMILES string of the molecule is CCC(C#N)c1csc(-c2ccnc3[nH]ncc23)n1. The minimum absolute atomic E-state index is 0.133. The quantitative estimate of drug-likeness (QED) is 0.792. The van der Waals surface area contributed by atoms with Crippen molar-refractivity contribution < 1.29 is 0 Å². The summed E-state index contributed by atoms with van der Waals surface area (Å²) in [6.45, 7) is 1.99. The van der Waals surface area contributed by atoms with Crippen LogP contribution < -0.4 is 0 Å². The molecule has 0 bridgehead atoms. The van der Waals surface area contributed by atoms with Gasteiger partial charge < -0.3 is 0 Å². The van der Waals surface area contributed by atoms with Crippen LogP contribution >= 0.6 is 11.3 Å². The number of hydrogen-bond donors (Lipinski definition) is 1. The predicted molar refractivity (Wildman–Crippen MR) is 73.6 cm³/mol. The van der Waals surface area contributed by atoms with Gasteiger partial charge in [0.2, 0.25) is 0 Å². The Balaban J connectivity index is 2.08. The molecule has 6 heteroatoms. The molecule has 0 aliphatic heterocycles. The molecule has 5 nitrogen and oxygen atoms in total. The maximum absolute atomic E-state index is 9.09. The third-order valence-corrected chi connectivity index (χ3v) is 3.92. The third-order valence-electron chi connectivity index (χ3n) is 3.03. The van der Waals surface area contributed by atoms with Crippen LogP contribution in [-0.2, 0) is 0 Å². The Labute approximate surface area is 113 Å². The zero-order valence-corrected chi connectivity index (χ0v) is 11.1. The topological polar surface area (TPSA) is 78.2 Å². The van der Waals surface area contributed by atoms with Gasteiger partial charge in [0, 0.05) is 22.5 Å². The first kappa shape index (κ1) is 11.8. The van der Waals surface area contributed by atoms with Gasteiger partial charge in [-0.05, 0) is 12.5 Å². The summed E-state index contributed by atoms with van der Waals surface area (Å²) in [5.41, 5.74) is 2.60. The van der Waals surface area contributed by atoms with Crippen molar-refractivity contribution >= 4 is 22.4 Å². The van der Waals surface area contributed by atoms with E-state index in [2.05, 4.69) is 26.2 Å². The molecule has 94 valence electrons. The van der Waals surface area contributed by atoms with Gasteiger partial charge in [0.25, 0.3) is 0 Å². The predicted octanol–water partition coefficient (Wildman–Crippen LogP) is 3.10. The van der Waals surface area contributed by atoms with E-state index in [1.807, 2.05) is 18.4 Å². The van der Waals surface area contributed by atoms with Gasteiger partial charge in [0.1, 0.15) is 5.01 Å². The van der Waals surface area contributed by atoms with Crippen LogP contribution in [0.3, 0.4) is 0 Å². The first-order valence-corrected chi connectivity index (χ1v) is 6.85. The Hall–Kier alpha value is -2.26. The van der Waals surface area contributed by atoms with Gasteiger partial charge in [-0.1, -0.05) is 6.92 Å². The van der Waals surface area contributed by atoms with Crippen molar-refractivity contribution in [2.45, 2.75) is 19.3 Å². The number of pyridine rings is 1. The molecule has 0 saturated carbocycles. The second kappa shape index (κ2) is 4.78. The summed E-state index contributed by atoms with van der Waals surface area (Å²) in [6.07, 6.45) is 4.26. The van der Waals surface area contributed by atoms with E-state index in [0.29, 0.717) is 0 Å². The van der Waals surface area contributed by atoms with Crippen LogP contribution in [0.4, 0.5) is 0 Å². The number of H-pyrrole nitrogens is 1. The molecule has 0 amide bonds. The molecular formula is C13H11N5S. The second-order valence-corrected chi connectivity index (χ2v) is 5.02. The maximum Gasteiger partial charge on any atom is 0.155 e. The molecule has 0 saturated heterocycles. The van der Waals surface area contributed by atoms with Crippen molar-refractivity contribution in [3.8, 4) is 16.6 Å². The Morgan fingerprint density at radius 2 is 2.42 bits per heavy atom. The van der Waals surface area contributed by atoms with Crippen LogP contribution in [0.15, 0.2) is 23.8 Å². The molecule has 0 aliphatic rings. The largest absolute Gasteiger partial charge is 0.261 e. The van der Waals surface area contributed by atoms with Gasteiger partial charge in [0.05, 0.1) is 23.9 Å². The number of aromatic amines is 1. The first-order chi connectivity index (χ1) is 9.33. The molecule has 3 aromatic heterocycles. The van der Waals surface area contributed by atoms with Crippen LogP contribution in [0.5, 0.6) is 0 Å². The average Bonchev–Trinajstić information content (AvgIpc) is 3.08. The molecule has 0 aromatic carbocycles. The fourth-order valence-electron chi connectivity index (χ4n) is 1.97. The highest BCUT2D eigenvalue weighted by molar-refractivity contribution is 7.13. The molecule has 1 unspecified atom stereocenters. The number of hydrogen-bond acceptors (Lipinski definition) is 5. The summed E-state index contributed by atoms with van der Waals surface area (Å²) in [4.78, 5) is 8.79. The van der Waals surface area contributed by atoms with E-state index in [1.165, 1.54) is 0 Å². The van der Waals surface area contributed by atoms with Crippen molar-refractivity contribution in [3.05, 3.63) is 29.5 Å². The number of nitrogens with zero attached hydrogens (tertiary/aromatic N) is 4. The summed E-state index contributed by atoms with van der Waals surface area (Å²) in [5, 5.41) is 19.7. The fourth-order valence-corrected chi connectivity index (χ4v) is 2.89. The van der Waals surface area contributed by atoms with Gasteiger partial charge in [-0.15, -0.1) is 11.3 Å². The van der Waals surface area contributed by atoms with E-state index in [-0.39, 0.29) is 5.92 Å². The van der Waals surface area contributed by atoms with E-state index in [0.717, 1.165) is 33.7 Å². The number of nitriles is 1. The van der Waals surface area contributed by atoms with E-state index >= 15 is 0 Å². The molecule has 0 fully saturated rings. The van der Waals surface area contributed by atoms with E-state index in [4.69, 9.17) is 5.26 Å². The van der Waals surface area contributed by atoms with Gasteiger partial charge in [-0.3, -0.25) is 5.10 Å². The summed E-state index contributed by atoms with van der Waals surface area (Å²) in [5.74, 6) is -0.133. The summed E-state index contributed by atoms with van der Waals surface area (Å²) in [7, 11) is 0. The highest BCUT2D eigenvalue weighted by Crippen LogP contribution is 2.31. The Morgan fingerprint density at radius 1 is 1.53 bits per heavy atom. The second-order valence-electron chi connectivity index (χ2n) is 4.16. The molecule has 0 spiro atoms. The summed E-state index contributed by atoms with van der Waals surface area (Å²) in [6, 6.07) is 4.20. The van der Waals surface area contributed by atoms with Crippen molar-refractivity contribution in [1.82, 2.24) is 20.2 Å². The Kier molecular flexibility index (Phi) is 2.97. The molecule has 19 heavy (non-hydrogen) atoms. The highest BCUT2D eigenvalue weighted by atomic mass is 32.1. The van der Waals surface area contributed by atoms with Gasteiger partial charge >= 0.3 is 0 Å². The lowest BCUT2D eigenvalue weighted by Crippen LogP contribution is -1.93. The maximum atomic E-state index is 9.09. The lowest BCUT2D eigenvalue weighted by molar-refractivity contribution is 0.795. The lowest BCUT2D eigenvalue weighted by Gasteiger charge is -2.00. The normalized spacial score (nSPS) is 12.4. The number of fused-ring (bicyclic) bond motifs is 1. The summed E-state index contributed by atoms with van der Waals surface area (Å²) < 4.78 is 0. The molecule has 0 radical (unpaired) electrons. The average molecular weight is 269 g/mol. The molecule has 3 rings (SSSR count). The van der Waals surface area contributed by atoms with Crippen molar-refractivity contribution in [1.29, 1.82) is 5.26 Å². The zero-order chi connectivity index (χ0) is 13.2. The van der Waals surface area contributed by atoms with Crippen molar-refractivity contribution in [2.75, 3.05) is 0 Å². The lowest BCUT2D eigenvalue weighted by atomic mass is 10.1. The van der Waals surface area contributed by atoms with Crippen molar-refractivity contribution in [3.63, 3.8) is 0 Å². The molecule has 3 heterocycles. The van der Waals surface area contributed by atoms with Gasteiger partial charge in [-0.2, -0.15) is 10.4 Å². The van der Waals surface area contributed by atoms with E-state index in [9.17, 15) is 0 Å². The van der Waals surface area contributed by atoms with Crippen LogP contribution in [0, 0.1) is 11.3 Å². The first-order valence-electron chi connectivity index (χ1n) is 5.97. The van der Waals surface area contributed by atoms with Crippen molar-refractivity contribution in [2.24, 2.45) is 0 Å². The van der Waals surface area contributed by atoms with Crippen LogP contribution in [0.2, 0.25) is 0 Å². The Bertz CT molecular complexity index is 752. The Morgan fingerprint density at radius 3 is 3.21 bits per heavy atom. The molecule has 0 aliphatic carbocycles. The highest BCUT2D eigenvalue weighted by Gasteiger charge is 2.15. The smallest absolute Gasteiger partial charge is 0.155 e. The number of thiazole rings is 1. The fraction of sp³-hybridized carbons (Fsp3) is 0.231. The third kappa shape index (κ3) is 1.98. The summed E-state index contributed by atoms with van der Waals surface area (Å²) >= 11 is 1.55. The van der Waals surface area contributed by atoms with Gasteiger partial charge in [0.15, 0.2) is 5.65 Å². The molecule has 3 aromatic rings. The minimum Gasteiger partial charge on any atom is -0.261 e. The zero-order valence-electron chi connectivity index (χ0n) is 10.3. The molecule has 1 N–H and O–H groups in total. The number of aromatic nitrogens is 4. The monoisotopic (exact) mass is 269 g/mol. The van der Waals surface area contributed by atoms with E-state index < -0.39 is 0 Å². The van der Waals surface area contributed by atoms with E-state index in [1.54, 1.807) is 23.7 Å². The number of rotatable bonds is 3.